The first kappa shape index (κ1) is 11.3. The number of hydrogen-bond acceptors (Lipinski definition) is 5. The van der Waals surface area contributed by atoms with Crippen molar-refractivity contribution in [2.75, 3.05) is 5.32 Å². The number of carbonyl (C=O) groups excluding carboxylic acids is 1. The van der Waals surface area contributed by atoms with Crippen LogP contribution in [0.2, 0.25) is 0 Å². The minimum atomic E-state index is -0.273. The predicted octanol–water partition coefficient (Wildman–Crippen LogP) is 0.822. The van der Waals surface area contributed by atoms with Crippen LogP contribution in [0, 0.1) is 0 Å². The fraction of sp³-hybridized carbons (Fsp3) is 0.182. The lowest BCUT2D eigenvalue weighted by Crippen LogP contribution is -2.12. The molecule has 19 heavy (non-hydrogen) atoms. The Kier molecular flexibility index (Phi) is 2.67. The van der Waals surface area contributed by atoms with Gasteiger partial charge in [0.1, 0.15) is 11.8 Å². The van der Waals surface area contributed by atoms with Crippen molar-refractivity contribution < 1.29 is 4.79 Å². The molecule has 3 aromatic rings. The summed E-state index contributed by atoms with van der Waals surface area (Å²) in [5, 5.41) is 16.8. The van der Waals surface area contributed by atoms with Gasteiger partial charge in [-0.25, -0.2) is 9.78 Å². The average molecular weight is 257 g/mol. The summed E-state index contributed by atoms with van der Waals surface area (Å²) in [5.74, 6) is 0.0343. The van der Waals surface area contributed by atoms with Gasteiger partial charge in [-0.2, -0.15) is 10.1 Å². The second-order valence-corrected chi connectivity index (χ2v) is 3.90. The zero-order valence-electron chi connectivity index (χ0n) is 10.2. The molecule has 0 fully saturated rings. The van der Waals surface area contributed by atoms with Crippen molar-refractivity contribution in [2.45, 2.75) is 13.5 Å². The summed E-state index contributed by atoms with van der Waals surface area (Å²) >= 11 is 0. The molecule has 0 aliphatic heterocycles. The van der Waals surface area contributed by atoms with E-state index in [1.807, 2.05) is 13.0 Å². The fourth-order valence-corrected chi connectivity index (χ4v) is 1.79. The molecule has 2 aromatic heterocycles. The lowest BCUT2D eigenvalue weighted by molar-refractivity contribution is 0.102. The van der Waals surface area contributed by atoms with Crippen molar-refractivity contribution >= 4 is 22.9 Å². The zero-order valence-corrected chi connectivity index (χ0v) is 10.2. The Labute approximate surface area is 107 Å². The molecule has 0 radical (unpaired) electrons. The van der Waals surface area contributed by atoms with E-state index >= 15 is 0 Å². The Bertz CT molecular complexity index is 716. The molecular formula is C11H11N7O. The molecule has 0 saturated carbocycles. The molecule has 2 N–H and O–H groups in total. The summed E-state index contributed by atoms with van der Waals surface area (Å²) < 4.78 is 1.77. The van der Waals surface area contributed by atoms with Gasteiger partial charge in [-0.3, -0.25) is 10.1 Å². The smallest absolute Gasteiger partial charge is 0.258 e. The zero-order chi connectivity index (χ0) is 13.2. The molecule has 0 unspecified atom stereocenters. The first-order valence-electron chi connectivity index (χ1n) is 5.78. The van der Waals surface area contributed by atoms with Crippen LogP contribution in [0.15, 0.2) is 24.5 Å². The van der Waals surface area contributed by atoms with Gasteiger partial charge in [0.05, 0.1) is 5.52 Å². The summed E-state index contributed by atoms with van der Waals surface area (Å²) in [6.45, 7) is 2.72. The summed E-state index contributed by atoms with van der Waals surface area (Å²) in [6.07, 6.45) is 1.33. The van der Waals surface area contributed by atoms with Crippen LogP contribution in [0.4, 0.5) is 5.95 Å². The van der Waals surface area contributed by atoms with Crippen LogP contribution < -0.4 is 5.32 Å². The molecule has 0 spiro atoms. The van der Waals surface area contributed by atoms with Crippen molar-refractivity contribution in [3.05, 3.63) is 30.1 Å². The Morgan fingerprint density at radius 1 is 1.47 bits per heavy atom. The standard InChI is InChI=1S/C11H11N7O/c1-2-18-9-4-3-7(5-8(9)15-17-18)10(19)14-11-12-6-13-16-11/h3-6H,2H2,1H3,(H2,12,13,14,16,19). The Morgan fingerprint density at radius 2 is 2.37 bits per heavy atom. The topological polar surface area (TPSA) is 101 Å². The summed E-state index contributed by atoms with van der Waals surface area (Å²) in [5.41, 5.74) is 2.08. The highest BCUT2D eigenvalue weighted by molar-refractivity contribution is 6.05. The number of H-pyrrole nitrogens is 1. The second kappa shape index (κ2) is 4.48. The second-order valence-electron chi connectivity index (χ2n) is 3.90. The predicted molar refractivity (Wildman–Crippen MR) is 67.5 cm³/mol. The van der Waals surface area contributed by atoms with E-state index in [0.29, 0.717) is 17.0 Å². The number of fused-ring (bicyclic) bond motifs is 1. The van der Waals surface area contributed by atoms with Crippen LogP contribution in [0.5, 0.6) is 0 Å². The molecule has 96 valence electrons. The van der Waals surface area contributed by atoms with Gasteiger partial charge < -0.3 is 0 Å². The first-order valence-corrected chi connectivity index (χ1v) is 5.78. The van der Waals surface area contributed by atoms with Crippen LogP contribution in [0.3, 0.4) is 0 Å². The molecule has 8 heteroatoms. The van der Waals surface area contributed by atoms with Gasteiger partial charge in [-0.1, -0.05) is 5.21 Å². The number of benzene rings is 1. The lowest BCUT2D eigenvalue weighted by atomic mass is 10.2. The molecule has 1 amide bonds. The molecule has 0 aliphatic carbocycles. The van der Waals surface area contributed by atoms with E-state index < -0.39 is 0 Å². The Balaban J connectivity index is 1.90. The van der Waals surface area contributed by atoms with Crippen LogP contribution in [0.1, 0.15) is 17.3 Å². The van der Waals surface area contributed by atoms with Crippen molar-refractivity contribution in [3.8, 4) is 0 Å². The maximum Gasteiger partial charge on any atom is 0.258 e. The van der Waals surface area contributed by atoms with E-state index in [1.165, 1.54) is 6.33 Å². The minimum absolute atomic E-state index is 0.273. The van der Waals surface area contributed by atoms with Gasteiger partial charge in [-0.05, 0) is 25.1 Å². The van der Waals surface area contributed by atoms with Gasteiger partial charge in [0.2, 0.25) is 5.95 Å². The lowest BCUT2D eigenvalue weighted by Gasteiger charge is -2.01. The van der Waals surface area contributed by atoms with E-state index in [1.54, 1.807) is 16.8 Å². The molecule has 0 atom stereocenters. The summed E-state index contributed by atoms with van der Waals surface area (Å²) in [6, 6.07) is 5.25. The average Bonchev–Trinajstić information content (AvgIpc) is 3.06. The Hall–Kier alpha value is -2.77. The quantitative estimate of drug-likeness (QED) is 0.723. The van der Waals surface area contributed by atoms with Crippen molar-refractivity contribution in [3.63, 3.8) is 0 Å². The summed E-state index contributed by atoms with van der Waals surface area (Å²) in [7, 11) is 0. The highest BCUT2D eigenvalue weighted by Crippen LogP contribution is 2.14. The number of aryl methyl sites for hydroxylation is 1. The number of rotatable bonds is 3. The molecular weight excluding hydrogens is 246 g/mol. The van der Waals surface area contributed by atoms with Crippen molar-refractivity contribution in [1.82, 2.24) is 30.2 Å². The highest BCUT2D eigenvalue weighted by atomic mass is 16.1. The third-order valence-corrected chi connectivity index (χ3v) is 2.72. The van der Waals surface area contributed by atoms with Crippen LogP contribution >= 0.6 is 0 Å². The number of aromatic amines is 1. The SMILES string of the molecule is CCn1nnc2cc(C(=O)Nc3ncn[nH]3)ccc21. The largest absolute Gasteiger partial charge is 0.291 e. The third kappa shape index (κ3) is 2.03. The van der Waals surface area contributed by atoms with Crippen LogP contribution in [-0.2, 0) is 6.54 Å². The normalized spacial score (nSPS) is 10.8. The maximum atomic E-state index is 12.0. The van der Waals surface area contributed by atoms with E-state index in [2.05, 4.69) is 30.8 Å². The molecule has 0 bridgehead atoms. The molecule has 0 saturated heterocycles. The number of aromatic nitrogens is 6. The van der Waals surface area contributed by atoms with E-state index in [4.69, 9.17) is 0 Å². The fourth-order valence-electron chi connectivity index (χ4n) is 1.79. The number of hydrogen-bond donors (Lipinski definition) is 2. The van der Waals surface area contributed by atoms with Gasteiger partial charge in [0.25, 0.3) is 5.91 Å². The van der Waals surface area contributed by atoms with Gasteiger partial charge in [0, 0.05) is 12.1 Å². The number of amides is 1. The maximum absolute atomic E-state index is 12.0. The molecule has 1 aromatic carbocycles. The van der Waals surface area contributed by atoms with Crippen molar-refractivity contribution in [2.24, 2.45) is 0 Å². The monoisotopic (exact) mass is 257 g/mol. The number of nitrogens with one attached hydrogen (secondary N) is 2. The number of carbonyl (C=O) groups is 1. The molecule has 2 heterocycles. The first-order chi connectivity index (χ1) is 9.28. The Morgan fingerprint density at radius 3 is 3.11 bits per heavy atom. The number of anilines is 1. The van der Waals surface area contributed by atoms with Crippen LogP contribution in [0.25, 0.3) is 11.0 Å². The molecule has 0 aliphatic rings. The van der Waals surface area contributed by atoms with Gasteiger partial charge in [-0.15, -0.1) is 5.10 Å². The minimum Gasteiger partial charge on any atom is -0.291 e. The van der Waals surface area contributed by atoms with E-state index in [-0.39, 0.29) is 5.91 Å². The van der Waals surface area contributed by atoms with E-state index in [9.17, 15) is 4.79 Å². The molecule has 8 nitrogen and oxygen atoms in total. The van der Waals surface area contributed by atoms with Gasteiger partial charge >= 0.3 is 0 Å². The van der Waals surface area contributed by atoms with E-state index in [0.717, 1.165) is 12.1 Å². The number of nitrogens with zero attached hydrogens (tertiary/aromatic N) is 5. The van der Waals surface area contributed by atoms with Crippen molar-refractivity contribution in [1.29, 1.82) is 0 Å². The highest BCUT2D eigenvalue weighted by Gasteiger charge is 2.10. The molecule has 3 rings (SSSR count). The van der Waals surface area contributed by atoms with Crippen LogP contribution in [-0.4, -0.2) is 36.1 Å². The third-order valence-electron chi connectivity index (χ3n) is 2.72. The summed E-state index contributed by atoms with van der Waals surface area (Å²) in [4.78, 5) is 15.8. The van der Waals surface area contributed by atoms with Gasteiger partial charge in [0.15, 0.2) is 0 Å².